The second-order valence-electron chi connectivity index (χ2n) is 7.36. The molecule has 0 aliphatic carbocycles. The first-order valence-corrected chi connectivity index (χ1v) is 9.22. The van der Waals surface area contributed by atoms with E-state index in [4.69, 9.17) is 0 Å². The first-order valence-electron chi connectivity index (χ1n) is 9.22. The first-order chi connectivity index (χ1) is 12.2. The quantitative estimate of drug-likeness (QED) is 0.841. The van der Waals surface area contributed by atoms with Gasteiger partial charge < -0.3 is 14.4 Å². The summed E-state index contributed by atoms with van der Waals surface area (Å²) < 4.78 is 2.14. The summed E-state index contributed by atoms with van der Waals surface area (Å²) in [6, 6.07) is 10.8. The number of hydrogen-bond donors (Lipinski definition) is 0. The largest absolute Gasteiger partial charge is 0.337 e. The molecule has 0 radical (unpaired) electrons. The summed E-state index contributed by atoms with van der Waals surface area (Å²) in [5.74, 6) is 1.36. The molecule has 25 heavy (non-hydrogen) atoms. The lowest BCUT2D eigenvalue weighted by atomic mass is 9.89. The van der Waals surface area contributed by atoms with Crippen molar-refractivity contribution >= 4 is 5.91 Å². The molecule has 0 unspecified atom stereocenters. The third kappa shape index (κ3) is 3.33. The van der Waals surface area contributed by atoms with E-state index in [0.717, 1.165) is 39.1 Å². The maximum absolute atomic E-state index is 12.1. The van der Waals surface area contributed by atoms with Crippen LogP contribution in [0.5, 0.6) is 0 Å². The zero-order valence-electron chi connectivity index (χ0n) is 14.8. The Morgan fingerprint density at radius 1 is 1.16 bits per heavy atom. The van der Waals surface area contributed by atoms with E-state index >= 15 is 0 Å². The zero-order valence-corrected chi connectivity index (χ0v) is 14.8. The van der Waals surface area contributed by atoms with E-state index in [1.54, 1.807) is 6.92 Å². The van der Waals surface area contributed by atoms with Crippen LogP contribution in [0.15, 0.2) is 49.1 Å². The van der Waals surface area contributed by atoms with Crippen LogP contribution in [0.4, 0.5) is 0 Å². The number of likely N-dealkylation sites (tertiary alicyclic amines) is 2. The molecule has 2 fully saturated rings. The molecule has 2 saturated heterocycles. The number of aromatic nitrogens is 2. The molecule has 2 aromatic rings. The minimum atomic E-state index is 0.204. The van der Waals surface area contributed by atoms with Crippen LogP contribution in [-0.4, -0.2) is 51.4 Å². The minimum Gasteiger partial charge on any atom is -0.337 e. The Morgan fingerprint density at radius 3 is 2.72 bits per heavy atom. The molecule has 5 nitrogen and oxygen atoms in total. The zero-order chi connectivity index (χ0) is 17.2. The maximum Gasteiger partial charge on any atom is 0.219 e. The number of rotatable bonds is 5. The smallest absolute Gasteiger partial charge is 0.219 e. The Kier molecular flexibility index (Phi) is 4.57. The van der Waals surface area contributed by atoms with Crippen molar-refractivity contribution in [2.45, 2.75) is 25.9 Å². The van der Waals surface area contributed by atoms with Gasteiger partial charge in [-0.25, -0.2) is 4.98 Å². The number of amides is 1. The van der Waals surface area contributed by atoms with Crippen molar-refractivity contribution in [1.29, 1.82) is 0 Å². The third-order valence-corrected chi connectivity index (χ3v) is 5.74. The summed E-state index contributed by atoms with van der Waals surface area (Å²) in [7, 11) is 0. The predicted octanol–water partition coefficient (Wildman–Crippen LogP) is 2.42. The van der Waals surface area contributed by atoms with Crippen molar-refractivity contribution in [3.05, 3.63) is 54.6 Å². The van der Waals surface area contributed by atoms with Gasteiger partial charge in [0.25, 0.3) is 0 Å². The van der Waals surface area contributed by atoms with Crippen LogP contribution in [0.2, 0.25) is 0 Å². The number of benzene rings is 1. The van der Waals surface area contributed by atoms with E-state index < -0.39 is 0 Å². The number of aryl methyl sites for hydroxylation is 1. The average molecular weight is 338 g/mol. The van der Waals surface area contributed by atoms with Crippen molar-refractivity contribution < 1.29 is 4.79 Å². The van der Waals surface area contributed by atoms with Gasteiger partial charge in [0, 0.05) is 51.4 Å². The fourth-order valence-corrected chi connectivity index (χ4v) is 4.62. The second kappa shape index (κ2) is 7.00. The molecular formula is C20H26N4O. The molecule has 1 aromatic carbocycles. The van der Waals surface area contributed by atoms with Crippen molar-refractivity contribution in [1.82, 2.24) is 19.4 Å². The van der Waals surface area contributed by atoms with E-state index in [1.165, 1.54) is 5.56 Å². The Hall–Kier alpha value is -2.14. The van der Waals surface area contributed by atoms with Crippen LogP contribution in [0.25, 0.3) is 0 Å². The maximum atomic E-state index is 12.1. The minimum absolute atomic E-state index is 0.204. The summed E-state index contributed by atoms with van der Waals surface area (Å²) in [4.78, 5) is 20.9. The van der Waals surface area contributed by atoms with Crippen LogP contribution >= 0.6 is 0 Å². The molecule has 0 bridgehead atoms. The Balaban J connectivity index is 1.41. The molecule has 3 heterocycles. The lowest BCUT2D eigenvalue weighted by molar-refractivity contribution is -0.130. The van der Waals surface area contributed by atoms with Gasteiger partial charge in [0.15, 0.2) is 0 Å². The van der Waals surface area contributed by atoms with Gasteiger partial charge in [-0.3, -0.25) is 4.79 Å². The summed E-state index contributed by atoms with van der Waals surface area (Å²) in [5.41, 5.74) is 1.28. The van der Waals surface area contributed by atoms with Crippen molar-refractivity contribution in [2.24, 2.45) is 11.8 Å². The lowest BCUT2D eigenvalue weighted by Gasteiger charge is -2.29. The van der Waals surface area contributed by atoms with E-state index in [0.29, 0.717) is 11.8 Å². The highest BCUT2D eigenvalue weighted by atomic mass is 16.2. The van der Waals surface area contributed by atoms with Gasteiger partial charge >= 0.3 is 0 Å². The van der Waals surface area contributed by atoms with Crippen LogP contribution < -0.4 is 0 Å². The van der Waals surface area contributed by atoms with Crippen molar-refractivity contribution in [3.8, 4) is 0 Å². The molecule has 2 aliphatic rings. The Morgan fingerprint density at radius 2 is 2.00 bits per heavy atom. The highest BCUT2D eigenvalue weighted by Crippen LogP contribution is 2.44. The normalized spacial score (nSPS) is 26.1. The summed E-state index contributed by atoms with van der Waals surface area (Å²) >= 11 is 0. The van der Waals surface area contributed by atoms with Gasteiger partial charge in [0.1, 0.15) is 0 Å². The molecule has 0 spiro atoms. The molecule has 0 N–H and O–H groups in total. The number of fused-ring (bicyclic) bond motifs is 1. The highest BCUT2D eigenvalue weighted by molar-refractivity contribution is 5.74. The van der Waals surface area contributed by atoms with E-state index in [-0.39, 0.29) is 11.9 Å². The second-order valence-corrected chi connectivity index (χ2v) is 7.36. The number of hydrogen-bond acceptors (Lipinski definition) is 3. The summed E-state index contributed by atoms with van der Waals surface area (Å²) in [6.07, 6.45) is 6.88. The third-order valence-electron chi connectivity index (χ3n) is 5.74. The summed E-state index contributed by atoms with van der Waals surface area (Å²) in [6.45, 7) is 6.96. The molecule has 1 amide bonds. The molecule has 4 rings (SSSR count). The Labute approximate surface area is 149 Å². The fraction of sp³-hybridized carbons (Fsp3) is 0.500. The average Bonchev–Trinajstić information content (AvgIpc) is 3.31. The first kappa shape index (κ1) is 16.3. The topological polar surface area (TPSA) is 41.4 Å². The molecule has 3 atom stereocenters. The lowest BCUT2D eigenvalue weighted by Crippen LogP contribution is -2.34. The number of carbonyl (C=O) groups excluding carboxylic acids is 1. The molecule has 132 valence electrons. The van der Waals surface area contributed by atoms with Gasteiger partial charge in [0.2, 0.25) is 5.91 Å². The van der Waals surface area contributed by atoms with Gasteiger partial charge in [-0.05, 0) is 24.4 Å². The van der Waals surface area contributed by atoms with Crippen LogP contribution in [-0.2, 0) is 11.3 Å². The van der Waals surface area contributed by atoms with E-state index in [9.17, 15) is 4.79 Å². The van der Waals surface area contributed by atoms with Crippen LogP contribution in [0.3, 0.4) is 0 Å². The van der Waals surface area contributed by atoms with Crippen LogP contribution in [0.1, 0.15) is 24.9 Å². The SMILES string of the molecule is CC(=O)N1C[C@H]2CN(CCCn3ccnc3)C[C@H]2[C@H]1c1ccccc1. The molecule has 0 saturated carbocycles. The molecule has 5 heteroatoms. The molecular weight excluding hydrogens is 312 g/mol. The van der Waals surface area contributed by atoms with E-state index in [1.807, 2.05) is 24.8 Å². The highest BCUT2D eigenvalue weighted by Gasteiger charge is 2.48. The fourth-order valence-electron chi connectivity index (χ4n) is 4.62. The van der Waals surface area contributed by atoms with Crippen molar-refractivity contribution in [2.75, 3.05) is 26.2 Å². The number of nitrogens with zero attached hydrogens (tertiary/aromatic N) is 4. The monoisotopic (exact) mass is 338 g/mol. The number of carbonyl (C=O) groups is 1. The number of imidazole rings is 1. The summed E-state index contributed by atoms with van der Waals surface area (Å²) in [5, 5.41) is 0. The van der Waals surface area contributed by atoms with E-state index in [2.05, 4.69) is 43.6 Å². The molecule has 1 aromatic heterocycles. The molecule has 2 aliphatic heterocycles. The van der Waals surface area contributed by atoms with Gasteiger partial charge in [-0.1, -0.05) is 30.3 Å². The van der Waals surface area contributed by atoms with Gasteiger partial charge in [0.05, 0.1) is 12.4 Å². The van der Waals surface area contributed by atoms with Gasteiger partial charge in [-0.15, -0.1) is 0 Å². The van der Waals surface area contributed by atoms with Crippen LogP contribution in [0, 0.1) is 11.8 Å². The standard InChI is InChI=1S/C20H26N4O/c1-16(25)24-13-18-12-23(10-5-9-22-11-8-21-15-22)14-19(18)20(24)17-6-3-2-4-7-17/h2-4,6-8,11,15,18-20H,5,9-10,12-14H2,1H3/t18-,19-,20-/m1/s1. The van der Waals surface area contributed by atoms with Gasteiger partial charge in [-0.2, -0.15) is 0 Å². The Bertz CT molecular complexity index is 700. The predicted molar refractivity (Wildman–Crippen MR) is 96.8 cm³/mol. The van der Waals surface area contributed by atoms with Crippen molar-refractivity contribution in [3.63, 3.8) is 0 Å².